The molecule has 0 aromatic heterocycles. The quantitative estimate of drug-likeness (QED) is 0.250. The molecule has 0 saturated heterocycles. The molecule has 0 heterocycles. The van der Waals surface area contributed by atoms with Crippen molar-refractivity contribution in [2.45, 2.75) is 116 Å². The van der Waals surface area contributed by atoms with E-state index in [2.05, 4.69) is 31.2 Å². The third-order valence-corrected chi connectivity index (χ3v) is 8.32. The standard InChI is InChI=1S/C30H44FN/c1-2-3-4-6-24-15-19-28(20-16-24)29-21-17-27(18-22-29)14-13-26-11-9-25(10-12-26)7-5-8-30(31)23-32/h8,15-16,19-20,25-27,29H,2-7,9-14,17-18,21-22H2,1H3/b30-8-. The average molecular weight is 438 g/mol. The van der Waals surface area contributed by atoms with Gasteiger partial charge in [-0.15, -0.1) is 0 Å². The van der Waals surface area contributed by atoms with E-state index in [4.69, 9.17) is 5.26 Å². The molecule has 2 aliphatic carbocycles. The van der Waals surface area contributed by atoms with Crippen LogP contribution in [0.1, 0.15) is 120 Å². The van der Waals surface area contributed by atoms with Gasteiger partial charge in [0.05, 0.1) is 0 Å². The molecule has 0 bridgehead atoms. The highest BCUT2D eigenvalue weighted by Gasteiger charge is 2.25. The fraction of sp³-hybridized carbons (Fsp3) is 0.700. The van der Waals surface area contributed by atoms with Gasteiger partial charge in [0, 0.05) is 0 Å². The number of rotatable bonds is 11. The molecule has 0 spiro atoms. The van der Waals surface area contributed by atoms with Gasteiger partial charge >= 0.3 is 0 Å². The Labute approximate surface area is 196 Å². The van der Waals surface area contributed by atoms with Crippen molar-refractivity contribution >= 4 is 0 Å². The molecule has 1 aromatic carbocycles. The Hall–Kier alpha value is -1.62. The molecular weight excluding hydrogens is 393 g/mol. The smallest absolute Gasteiger partial charge is 0.195 e. The molecule has 0 radical (unpaired) electrons. The molecule has 0 unspecified atom stereocenters. The molecular formula is C30H44FN. The summed E-state index contributed by atoms with van der Waals surface area (Å²) in [5.41, 5.74) is 3.09. The molecule has 2 heteroatoms. The van der Waals surface area contributed by atoms with E-state index in [1.165, 1.54) is 102 Å². The lowest BCUT2D eigenvalue weighted by molar-refractivity contribution is 0.225. The van der Waals surface area contributed by atoms with Crippen LogP contribution < -0.4 is 0 Å². The summed E-state index contributed by atoms with van der Waals surface area (Å²) in [6.45, 7) is 2.27. The van der Waals surface area contributed by atoms with Crippen LogP contribution in [0.4, 0.5) is 4.39 Å². The van der Waals surface area contributed by atoms with Crippen LogP contribution in [0.5, 0.6) is 0 Å². The zero-order valence-electron chi connectivity index (χ0n) is 20.3. The van der Waals surface area contributed by atoms with Gasteiger partial charge in [0.25, 0.3) is 0 Å². The highest BCUT2D eigenvalue weighted by molar-refractivity contribution is 5.26. The number of aryl methyl sites for hydroxylation is 1. The number of nitrogens with zero attached hydrogens (tertiary/aromatic N) is 1. The lowest BCUT2D eigenvalue weighted by atomic mass is 9.74. The Balaban J connectivity index is 1.29. The van der Waals surface area contributed by atoms with Crippen LogP contribution in [0.3, 0.4) is 0 Å². The first-order valence-corrected chi connectivity index (χ1v) is 13.5. The van der Waals surface area contributed by atoms with Crippen molar-refractivity contribution in [3.8, 4) is 6.07 Å². The van der Waals surface area contributed by atoms with Crippen LogP contribution >= 0.6 is 0 Å². The predicted octanol–water partition coefficient (Wildman–Crippen LogP) is 9.44. The summed E-state index contributed by atoms with van der Waals surface area (Å²) in [6.07, 6.45) is 22.2. The van der Waals surface area contributed by atoms with Crippen molar-refractivity contribution < 1.29 is 4.39 Å². The Kier molecular flexibility index (Phi) is 10.8. The van der Waals surface area contributed by atoms with Crippen molar-refractivity contribution in [1.29, 1.82) is 5.26 Å². The van der Waals surface area contributed by atoms with Gasteiger partial charge in [-0.05, 0) is 92.2 Å². The Morgan fingerprint density at radius 2 is 1.44 bits per heavy atom. The van der Waals surface area contributed by atoms with Crippen molar-refractivity contribution in [2.24, 2.45) is 17.8 Å². The van der Waals surface area contributed by atoms with Crippen molar-refractivity contribution in [3.05, 3.63) is 47.3 Å². The second-order valence-corrected chi connectivity index (χ2v) is 10.6. The minimum Gasteiger partial charge on any atom is -0.195 e. The maximum atomic E-state index is 12.9. The van der Waals surface area contributed by atoms with Crippen LogP contribution in [-0.4, -0.2) is 0 Å². The van der Waals surface area contributed by atoms with Gasteiger partial charge in [-0.2, -0.15) is 9.65 Å². The molecule has 2 aliphatic rings. The summed E-state index contributed by atoms with van der Waals surface area (Å²) in [7, 11) is 0. The summed E-state index contributed by atoms with van der Waals surface area (Å²) in [5, 5.41) is 8.50. The number of nitriles is 1. The number of benzene rings is 1. The lowest BCUT2D eigenvalue weighted by Crippen LogP contribution is -2.17. The Morgan fingerprint density at radius 1 is 0.875 bits per heavy atom. The predicted molar refractivity (Wildman–Crippen MR) is 133 cm³/mol. The second kappa shape index (κ2) is 13.8. The third-order valence-electron chi connectivity index (χ3n) is 8.32. The minimum atomic E-state index is -0.618. The van der Waals surface area contributed by atoms with E-state index in [-0.39, 0.29) is 0 Å². The van der Waals surface area contributed by atoms with Gasteiger partial charge in [-0.1, -0.05) is 82.6 Å². The summed E-state index contributed by atoms with van der Waals surface area (Å²) in [4.78, 5) is 0. The van der Waals surface area contributed by atoms with Crippen LogP contribution in [0.15, 0.2) is 36.2 Å². The topological polar surface area (TPSA) is 23.8 Å². The van der Waals surface area contributed by atoms with E-state index < -0.39 is 5.83 Å². The maximum absolute atomic E-state index is 12.9. The molecule has 32 heavy (non-hydrogen) atoms. The van der Waals surface area contributed by atoms with Crippen LogP contribution in [-0.2, 0) is 6.42 Å². The number of hydrogen-bond donors (Lipinski definition) is 0. The number of halogens is 1. The normalized spacial score (nSPS) is 26.6. The summed E-state index contributed by atoms with van der Waals surface area (Å²) >= 11 is 0. The van der Waals surface area contributed by atoms with Crippen LogP contribution in [0.25, 0.3) is 0 Å². The number of unbranched alkanes of at least 4 members (excludes halogenated alkanes) is 2. The molecule has 3 rings (SSSR count). The Morgan fingerprint density at radius 3 is 2.00 bits per heavy atom. The molecule has 2 saturated carbocycles. The van der Waals surface area contributed by atoms with Gasteiger partial charge in [0.15, 0.2) is 5.83 Å². The third kappa shape index (κ3) is 8.38. The molecule has 0 atom stereocenters. The SMILES string of the molecule is CCCCCc1ccc(C2CCC(CCC3CCC(CC/C=C(\F)C#N)CC3)CC2)cc1. The molecule has 0 aliphatic heterocycles. The van der Waals surface area contributed by atoms with Gasteiger partial charge < -0.3 is 0 Å². The van der Waals surface area contributed by atoms with Gasteiger partial charge in [-0.3, -0.25) is 0 Å². The fourth-order valence-electron chi connectivity index (χ4n) is 6.09. The highest BCUT2D eigenvalue weighted by atomic mass is 19.1. The molecule has 2 fully saturated rings. The first-order valence-electron chi connectivity index (χ1n) is 13.5. The largest absolute Gasteiger partial charge is 0.196 e. The molecule has 0 N–H and O–H groups in total. The van der Waals surface area contributed by atoms with Crippen molar-refractivity contribution in [2.75, 3.05) is 0 Å². The van der Waals surface area contributed by atoms with E-state index in [1.807, 2.05) is 0 Å². The van der Waals surface area contributed by atoms with Gasteiger partial charge in [0.2, 0.25) is 0 Å². The number of hydrogen-bond acceptors (Lipinski definition) is 1. The zero-order valence-corrected chi connectivity index (χ0v) is 20.3. The fourth-order valence-corrected chi connectivity index (χ4v) is 6.09. The van der Waals surface area contributed by atoms with E-state index >= 15 is 0 Å². The van der Waals surface area contributed by atoms with Gasteiger partial charge in [-0.25, -0.2) is 0 Å². The Bertz CT molecular complexity index is 712. The molecule has 176 valence electrons. The first-order chi connectivity index (χ1) is 15.7. The second-order valence-electron chi connectivity index (χ2n) is 10.6. The number of allylic oxidation sites excluding steroid dienone is 2. The zero-order chi connectivity index (χ0) is 22.6. The van der Waals surface area contributed by atoms with Gasteiger partial charge in [0.1, 0.15) is 6.07 Å². The van der Waals surface area contributed by atoms with E-state index in [1.54, 1.807) is 11.6 Å². The average Bonchev–Trinajstić information content (AvgIpc) is 2.84. The van der Waals surface area contributed by atoms with Crippen LogP contribution in [0, 0.1) is 29.1 Å². The minimum absolute atomic E-state index is 0.618. The first kappa shape index (κ1) is 25.0. The molecule has 0 amide bonds. The van der Waals surface area contributed by atoms with Crippen molar-refractivity contribution in [1.82, 2.24) is 0 Å². The monoisotopic (exact) mass is 437 g/mol. The lowest BCUT2D eigenvalue weighted by Gasteiger charge is -2.32. The van der Waals surface area contributed by atoms with Crippen LogP contribution in [0.2, 0.25) is 0 Å². The van der Waals surface area contributed by atoms with Crippen molar-refractivity contribution in [3.63, 3.8) is 0 Å². The molecule has 1 aromatic rings. The highest BCUT2D eigenvalue weighted by Crippen LogP contribution is 2.40. The summed E-state index contributed by atoms with van der Waals surface area (Å²) in [5.74, 6) is 2.76. The summed E-state index contributed by atoms with van der Waals surface area (Å²) < 4.78 is 12.9. The van der Waals surface area contributed by atoms with E-state index in [0.717, 1.165) is 36.5 Å². The molecule has 1 nitrogen and oxygen atoms in total. The van der Waals surface area contributed by atoms with E-state index in [0.29, 0.717) is 0 Å². The summed E-state index contributed by atoms with van der Waals surface area (Å²) in [6, 6.07) is 11.2. The maximum Gasteiger partial charge on any atom is 0.196 e. The van der Waals surface area contributed by atoms with E-state index in [9.17, 15) is 4.39 Å².